The van der Waals surface area contributed by atoms with Crippen molar-refractivity contribution >= 4 is 5.97 Å². The second kappa shape index (κ2) is 12.6. The molecule has 0 unspecified atom stereocenters. The molecule has 0 amide bonds. The van der Waals surface area contributed by atoms with Crippen LogP contribution in [0, 0.1) is 6.92 Å². The van der Waals surface area contributed by atoms with Crippen LogP contribution in [-0.2, 0) is 18.9 Å². The molecule has 2 heterocycles. The summed E-state index contributed by atoms with van der Waals surface area (Å²) in [5, 5.41) is 11.8. The molecule has 0 spiro atoms. The van der Waals surface area contributed by atoms with Crippen LogP contribution in [0.25, 0.3) is 11.4 Å². The Morgan fingerprint density at radius 3 is 2.08 bits per heavy atom. The van der Waals surface area contributed by atoms with Gasteiger partial charge in [0.15, 0.2) is 5.82 Å². The van der Waals surface area contributed by atoms with Gasteiger partial charge in [-0.15, -0.1) is 0 Å². The number of nitrogens with one attached hydrogen (secondary N) is 1. The Hall–Kier alpha value is -4.52. The third-order valence-corrected chi connectivity index (χ3v) is 5.25. The molecule has 0 saturated carbocycles. The van der Waals surface area contributed by atoms with Crippen LogP contribution in [-0.4, -0.2) is 33.1 Å². The molecule has 0 bridgehead atoms. The van der Waals surface area contributed by atoms with Gasteiger partial charge in [-0.1, -0.05) is 18.2 Å². The predicted molar refractivity (Wildman–Crippen MR) is 133 cm³/mol. The summed E-state index contributed by atoms with van der Waals surface area (Å²) in [5.74, 6) is -0.209. The number of carboxylic acid groups (broad SMARTS) is 1. The van der Waals surface area contributed by atoms with E-state index in [1.807, 2.05) is 25.1 Å². The largest absolute Gasteiger partial charge is 0.477 e. The van der Waals surface area contributed by atoms with E-state index < -0.39 is 29.4 Å². The molecule has 0 radical (unpaired) electrons. The number of aromatic carboxylic acids is 1. The molecule has 4 rings (SSSR count). The Labute approximate surface area is 224 Å². The Bertz CT molecular complexity index is 1430. The summed E-state index contributed by atoms with van der Waals surface area (Å²) >= 11 is 0. The topological polar surface area (TPSA) is 97.2 Å². The number of benzene rings is 2. The van der Waals surface area contributed by atoms with E-state index in [0.717, 1.165) is 11.1 Å². The third-order valence-electron chi connectivity index (χ3n) is 5.25. The number of hydrogen-bond acceptors (Lipinski definition) is 6. The zero-order chi connectivity index (χ0) is 29.5. The van der Waals surface area contributed by atoms with E-state index in [4.69, 9.17) is 4.74 Å². The molecular formula is C27H22F6N4O3. The molecule has 7 nitrogen and oxygen atoms in total. The first-order chi connectivity index (χ1) is 18.8. The maximum absolute atomic E-state index is 12.4. The van der Waals surface area contributed by atoms with E-state index in [2.05, 4.69) is 20.3 Å². The monoisotopic (exact) mass is 564 g/mol. The molecule has 0 aliphatic rings. The van der Waals surface area contributed by atoms with Crippen molar-refractivity contribution in [1.29, 1.82) is 0 Å². The fourth-order valence-electron chi connectivity index (χ4n) is 3.33. The molecule has 0 fully saturated rings. The van der Waals surface area contributed by atoms with Gasteiger partial charge in [-0.2, -0.15) is 31.3 Å². The fraction of sp³-hybridized carbons (Fsp3) is 0.185. The predicted octanol–water partition coefficient (Wildman–Crippen LogP) is 6.78. The normalized spacial score (nSPS) is 11.4. The zero-order valence-electron chi connectivity index (χ0n) is 21.0. The average molecular weight is 564 g/mol. The Kier molecular flexibility index (Phi) is 9.43. The molecule has 0 aliphatic heterocycles. The van der Waals surface area contributed by atoms with Crippen molar-refractivity contribution in [1.82, 2.24) is 20.3 Å². The maximum atomic E-state index is 12.4. The van der Waals surface area contributed by atoms with Gasteiger partial charge in [-0.05, 0) is 61.5 Å². The number of aryl methyl sites for hydroxylation is 1. The quantitative estimate of drug-likeness (QED) is 0.249. The number of alkyl halides is 6. The fourth-order valence-corrected chi connectivity index (χ4v) is 3.33. The summed E-state index contributed by atoms with van der Waals surface area (Å²) in [6.45, 7) is 1.81. The van der Waals surface area contributed by atoms with Crippen LogP contribution in [0.1, 0.15) is 32.6 Å². The SMILES string of the molecule is CNCc1cc(C(F)(F)F)cc(C(F)(F)F)c1.Cc1ccccc1Oc1nc(-c2ccncc2)ncc1C(=O)O. The lowest BCUT2D eigenvalue weighted by atomic mass is 10.0. The number of carboxylic acids is 1. The first-order valence-electron chi connectivity index (χ1n) is 11.5. The van der Waals surface area contributed by atoms with Gasteiger partial charge in [-0.25, -0.2) is 9.78 Å². The lowest BCUT2D eigenvalue weighted by Gasteiger charge is -2.13. The van der Waals surface area contributed by atoms with Gasteiger partial charge in [0.2, 0.25) is 5.88 Å². The molecule has 2 aromatic carbocycles. The van der Waals surface area contributed by atoms with Crippen LogP contribution in [0.4, 0.5) is 26.3 Å². The summed E-state index contributed by atoms with van der Waals surface area (Å²) in [4.78, 5) is 23.7. The van der Waals surface area contributed by atoms with Gasteiger partial charge < -0.3 is 15.2 Å². The van der Waals surface area contributed by atoms with Gasteiger partial charge in [0.05, 0.1) is 11.1 Å². The minimum Gasteiger partial charge on any atom is -0.477 e. The summed E-state index contributed by atoms with van der Waals surface area (Å²) < 4.78 is 80.0. The van der Waals surface area contributed by atoms with Gasteiger partial charge in [0.1, 0.15) is 11.3 Å². The van der Waals surface area contributed by atoms with Crippen molar-refractivity contribution in [2.75, 3.05) is 7.05 Å². The zero-order valence-corrected chi connectivity index (χ0v) is 21.0. The van der Waals surface area contributed by atoms with Crippen molar-refractivity contribution in [2.24, 2.45) is 0 Å². The van der Waals surface area contributed by atoms with E-state index in [-0.39, 0.29) is 29.6 Å². The second-order valence-electron chi connectivity index (χ2n) is 8.27. The number of ether oxygens (including phenoxy) is 1. The molecule has 40 heavy (non-hydrogen) atoms. The first kappa shape index (κ1) is 30.0. The lowest BCUT2D eigenvalue weighted by Crippen LogP contribution is -2.14. The number of aromatic nitrogens is 3. The summed E-state index contributed by atoms with van der Waals surface area (Å²) in [5.41, 5.74) is -1.13. The number of halogens is 6. The number of carbonyl (C=O) groups is 1. The minimum atomic E-state index is -4.79. The molecule has 13 heteroatoms. The van der Waals surface area contributed by atoms with Crippen molar-refractivity contribution in [3.63, 3.8) is 0 Å². The summed E-state index contributed by atoms with van der Waals surface area (Å²) in [7, 11) is 1.44. The second-order valence-corrected chi connectivity index (χ2v) is 8.27. The number of para-hydroxylation sites is 1. The smallest absolute Gasteiger partial charge is 0.416 e. The molecule has 0 atom stereocenters. The molecule has 2 N–H and O–H groups in total. The van der Waals surface area contributed by atoms with Crippen LogP contribution in [0.5, 0.6) is 11.6 Å². The number of rotatable bonds is 6. The van der Waals surface area contributed by atoms with Crippen LogP contribution < -0.4 is 10.1 Å². The molecule has 0 saturated heterocycles. The molecular weight excluding hydrogens is 542 g/mol. The Morgan fingerprint density at radius 1 is 0.950 bits per heavy atom. The van der Waals surface area contributed by atoms with E-state index in [0.29, 0.717) is 23.7 Å². The summed E-state index contributed by atoms with van der Waals surface area (Å²) in [6.07, 6.45) is -5.09. The highest BCUT2D eigenvalue weighted by Gasteiger charge is 2.36. The molecule has 210 valence electrons. The van der Waals surface area contributed by atoms with E-state index in [9.17, 15) is 36.2 Å². The highest BCUT2D eigenvalue weighted by atomic mass is 19.4. The van der Waals surface area contributed by atoms with Crippen molar-refractivity contribution in [2.45, 2.75) is 25.8 Å². The average Bonchev–Trinajstić information content (AvgIpc) is 2.90. The highest BCUT2D eigenvalue weighted by Crippen LogP contribution is 2.36. The number of hydrogen-bond donors (Lipinski definition) is 2. The van der Waals surface area contributed by atoms with Crippen LogP contribution in [0.3, 0.4) is 0 Å². The molecule has 0 aliphatic carbocycles. The van der Waals surface area contributed by atoms with Crippen LogP contribution in [0.2, 0.25) is 0 Å². The van der Waals surface area contributed by atoms with Crippen LogP contribution >= 0.6 is 0 Å². The van der Waals surface area contributed by atoms with Crippen LogP contribution in [0.15, 0.2) is 73.2 Å². The van der Waals surface area contributed by atoms with Gasteiger partial charge in [0, 0.05) is 30.7 Å². The maximum Gasteiger partial charge on any atom is 0.416 e. The van der Waals surface area contributed by atoms with Gasteiger partial charge >= 0.3 is 18.3 Å². The highest BCUT2D eigenvalue weighted by molar-refractivity contribution is 5.90. The summed E-state index contributed by atoms with van der Waals surface area (Å²) in [6, 6.07) is 12.3. The molecule has 2 aromatic heterocycles. The van der Waals surface area contributed by atoms with Gasteiger partial charge in [0.25, 0.3) is 0 Å². The number of pyridine rings is 1. The van der Waals surface area contributed by atoms with E-state index >= 15 is 0 Å². The van der Waals surface area contributed by atoms with E-state index in [1.165, 1.54) is 13.2 Å². The number of nitrogens with zero attached hydrogens (tertiary/aromatic N) is 3. The van der Waals surface area contributed by atoms with Crippen molar-refractivity contribution in [3.8, 4) is 23.0 Å². The standard InChI is InChI=1S/C17H13N3O3.C10H9F6N/c1-11-4-2-3-5-14(11)23-16-13(17(21)22)10-19-15(20-16)12-6-8-18-9-7-12;1-17-5-6-2-7(9(11,12)13)4-8(3-6)10(14,15)16/h2-10H,1H3,(H,21,22);2-4,17H,5H2,1H3. The van der Waals surface area contributed by atoms with Gasteiger partial charge in [-0.3, -0.25) is 4.98 Å². The Balaban J connectivity index is 0.000000232. The lowest BCUT2D eigenvalue weighted by molar-refractivity contribution is -0.143. The minimum absolute atomic E-state index is 0.00797. The van der Waals surface area contributed by atoms with Crippen molar-refractivity contribution < 1.29 is 41.0 Å². The van der Waals surface area contributed by atoms with E-state index in [1.54, 1.807) is 30.6 Å². The van der Waals surface area contributed by atoms with Crippen molar-refractivity contribution in [3.05, 3.63) is 101 Å². The molecule has 4 aromatic rings. The first-order valence-corrected chi connectivity index (χ1v) is 11.5. The third kappa shape index (κ3) is 7.99. The Morgan fingerprint density at radius 2 is 1.55 bits per heavy atom.